The Morgan fingerprint density at radius 1 is 1.22 bits per heavy atom. The number of hydrogen-bond donors (Lipinski definition) is 3. The zero-order valence-electron chi connectivity index (χ0n) is 17.7. The van der Waals surface area contributed by atoms with E-state index in [-0.39, 0.29) is 0 Å². The molecular weight excluding hydrogens is 346 g/mol. The van der Waals surface area contributed by atoms with E-state index in [0.717, 1.165) is 25.2 Å². The monoisotopic (exact) mass is 381 g/mol. The SMILES string of the molecule is CCNC(=NCc1nncn1C)NCC(CC)(CC)NC(=O)OC(C)(C)C. The number of hydrogen-bond acceptors (Lipinski definition) is 5. The fourth-order valence-electron chi connectivity index (χ4n) is 2.44. The third-order valence-corrected chi connectivity index (χ3v) is 4.24. The first-order valence-corrected chi connectivity index (χ1v) is 9.51. The molecule has 0 aliphatic carbocycles. The number of aliphatic imine (C=N–C) groups is 1. The molecule has 0 fully saturated rings. The van der Waals surface area contributed by atoms with Gasteiger partial charge in [0.2, 0.25) is 0 Å². The summed E-state index contributed by atoms with van der Waals surface area (Å²) in [6, 6.07) is 0. The maximum Gasteiger partial charge on any atom is 0.408 e. The van der Waals surface area contributed by atoms with Crippen LogP contribution in [0.1, 0.15) is 60.2 Å². The molecule has 27 heavy (non-hydrogen) atoms. The predicted molar refractivity (Wildman–Crippen MR) is 107 cm³/mol. The second kappa shape index (κ2) is 10.1. The Morgan fingerprint density at radius 3 is 2.37 bits per heavy atom. The Morgan fingerprint density at radius 2 is 1.89 bits per heavy atom. The highest BCUT2D eigenvalue weighted by atomic mass is 16.6. The zero-order valence-corrected chi connectivity index (χ0v) is 17.7. The minimum Gasteiger partial charge on any atom is -0.444 e. The molecular formula is C18H35N7O2. The van der Waals surface area contributed by atoms with Crippen LogP contribution in [-0.2, 0) is 18.3 Å². The van der Waals surface area contributed by atoms with Crippen molar-refractivity contribution in [3.63, 3.8) is 0 Å². The lowest BCUT2D eigenvalue weighted by Crippen LogP contribution is -2.57. The Bertz CT molecular complexity index is 615. The molecule has 0 unspecified atom stereocenters. The van der Waals surface area contributed by atoms with E-state index in [0.29, 0.717) is 19.0 Å². The van der Waals surface area contributed by atoms with Crippen molar-refractivity contribution in [2.24, 2.45) is 12.0 Å². The third kappa shape index (κ3) is 7.84. The van der Waals surface area contributed by atoms with Crippen LogP contribution < -0.4 is 16.0 Å². The van der Waals surface area contributed by atoms with Crippen LogP contribution in [0.2, 0.25) is 0 Å². The van der Waals surface area contributed by atoms with Gasteiger partial charge in [-0.25, -0.2) is 9.79 Å². The lowest BCUT2D eigenvalue weighted by molar-refractivity contribution is 0.0448. The molecule has 0 aliphatic heterocycles. The lowest BCUT2D eigenvalue weighted by Gasteiger charge is -2.34. The second-order valence-electron chi connectivity index (χ2n) is 7.52. The number of carbonyl (C=O) groups is 1. The Balaban J connectivity index is 2.78. The molecule has 0 spiro atoms. The summed E-state index contributed by atoms with van der Waals surface area (Å²) in [7, 11) is 1.88. The molecule has 0 aromatic carbocycles. The van der Waals surface area contributed by atoms with Gasteiger partial charge in [0.25, 0.3) is 0 Å². The second-order valence-corrected chi connectivity index (χ2v) is 7.52. The van der Waals surface area contributed by atoms with E-state index < -0.39 is 17.2 Å². The van der Waals surface area contributed by atoms with Gasteiger partial charge in [-0.15, -0.1) is 10.2 Å². The van der Waals surface area contributed by atoms with Crippen LogP contribution in [0.3, 0.4) is 0 Å². The Hall–Kier alpha value is -2.32. The fraction of sp³-hybridized carbons (Fsp3) is 0.778. The summed E-state index contributed by atoms with van der Waals surface area (Å²) in [5, 5.41) is 17.5. The molecule has 0 radical (unpaired) electrons. The van der Waals surface area contributed by atoms with Crippen LogP contribution in [0.4, 0.5) is 4.79 Å². The first kappa shape index (κ1) is 22.7. The molecule has 154 valence electrons. The maximum absolute atomic E-state index is 12.3. The van der Waals surface area contributed by atoms with Crippen LogP contribution in [0.25, 0.3) is 0 Å². The quantitative estimate of drug-likeness (QED) is 0.469. The van der Waals surface area contributed by atoms with Crippen LogP contribution in [0, 0.1) is 0 Å². The first-order chi connectivity index (χ1) is 12.6. The Kier molecular flexibility index (Phi) is 8.52. The maximum atomic E-state index is 12.3. The van der Waals surface area contributed by atoms with Gasteiger partial charge in [0.05, 0.1) is 5.54 Å². The van der Waals surface area contributed by atoms with E-state index in [1.807, 2.05) is 53.2 Å². The highest BCUT2D eigenvalue weighted by Crippen LogP contribution is 2.16. The van der Waals surface area contributed by atoms with Gasteiger partial charge in [0, 0.05) is 20.1 Å². The van der Waals surface area contributed by atoms with E-state index in [2.05, 4.69) is 31.1 Å². The topological polar surface area (TPSA) is 105 Å². The summed E-state index contributed by atoms with van der Waals surface area (Å²) >= 11 is 0. The standard InChI is InChI=1S/C18H35N7O2/c1-8-18(9-2,23-16(26)27-17(4,5)6)12-21-15(19-10-3)20-11-14-24-22-13-25(14)7/h13H,8-12H2,1-7H3,(H,23,26)(H2,19,20,21). The number of aromatic nitrogens is 3. The summed E-state index contributed by atoms with van der Waals surface area (Å²) < 4.78 is 7.25. The molecule has 3 N–H and O–H groups in total. The molecule has 0 atom stereocenters. The van der Waals surface area contributed by atoms with Crippen molar-refractivity contribution in [3.05, 3.63) is 12.2 Å². The molecule has 1 aromatic heterocycles. The molecule has 1 aromatic rings. The molecule has 1 amide bonds. The van der Waals surface area contributed by atoms with Gasteiger partial charge in [0.15, 0.2) is 11.8 Å². The minimum absolute atomic E-state index is 0.408. The van der Waals surface area contributed by atoms with E-state index in [4.69, 9.17) is 4.74 Å². The normalized spacial score (nSPS) is 12.6. The average molecular weight is 382 g/mol. The van der Waals surface area contributed by atoms with E-state index in [1.165, 1.54) is 0 Å². The van der Waals surface area contributed by atoms with Crippen molar-refractivity contribution in [3.8, 4) is 0 Å². The average Bonchev–Trinajstić information content (AvgIpc) is 2.99. The number of ether oxygens (including phenoxy) is 1. The minimum atomic E-state index is -0.531. The van der Waals surface area contributed by atoms with Gasteiger partial charge in [-0.05, 0) is 40.5 Å². The number of nitrogens with one attached hydrogen (secondary N) is 3. The molecule has 9 heteroatoms. The lowest BCUT2D eigenvalue weighted by atomic mass is 9.93. The highest BCUT2D eigenvalue weighted by Gasteiger charge is 2.30. The van der Waals surface area contributed by atoms with E-state index in [1.54, 1.807) is 6.33 Å². The van der Waals surface area contributed by atoms with Crippen LogP contribution in [0.15, 0.2) is 11.3 Å². The van der Waals surface area contributed by atoms with Crippen molar-refractivity contribution in [1.82, 2.24) is 30.7 Å². The molecule has 1 heterocycles. The number of alkyl carbamates (subject to hydrolysis) is 1. The van der Waals surface area contributed by atoms with Crippen molar-refractivity contribution < 1.29 is 9.53 Å². The van der Waals surface area contributed by atoms with Crippen molar-refractivity contribution in [1.29, 1.82) is 0 Å². The smallest absolute Gasteiger partial charge is 0.408 e. The summed E-state index contributed by atoms with van der Waals surface area (Å²) in [6.45, 7) is 13.3. The summed E-state index contributed by atoms with van der Waals surface area (Å²) in [5.41, 5.74) is -0.958. The molecule has 0 bridgehead atoms. The molecule has 0 saturated heterocycles. The van der Waals surface area contributed by atoms with Crippen molar-refractivity contribution in [2.45, 2.75) is 72.1 Å². The van der Waals surface area contributed by atoms with Crippen LogP contribution in [-0.4, -0.2) is 51.0 Å². The third-order valence-electron chi connectivity index (χ3n) is 4.24. The number of nitrogens with zero attached hydrogens (tertiary/aromatic N) is 4. The van der Waals surface area contributed by atoms with E-state index in [9.17, 15) is 4.79 Å². The number of carbonyl (C=O) groups excluding carboxylic acids is 1. The predicted octanol–water partition coefficient (Wildman–Crippen LogP) is 1.95. The van der Waals surface area contributed by atoms with Crippen molar-refractivity contribution >= 4 is 12.1 Å². The highest BCUT2D eigenvalue weighted by molar-refractivity contribution is 5.80. The van der Waals surface area contributed by atoms with Crippen LogP contribution in [0.5, 0.6) is 0 Å². The number of guanidine groups is 1. The number of aryl methyl sites for hydroxylation is 1. The fourth-order valence-corrected chi connectivity index (χ4v) is 2.44. The number of amides is 1. The van der Waals surface area contributed by atoms with Crippen LogP contribution >= 0.6 is 0 Å². The number of rotatable bonds is 8. The van der Waals surface area contributed by atoms with Gasteiger partial charge < -0.3 is 25.3 Å². The molecule has 9 nitrogen and oxygen atoms in total. The molecule has 0 aliphatic rings. The van der Waals surface area contributed by atoms with Gasteiger partial charge in [0.1, 0.15) is 18.5 Å². The van der Waals surface area contributed by atoms with Gasteiger partial charge in [-0.3, -0.25) is 0 Å². The van der Waals surface area contributed by atoms with Gasteiger partial charge in [-0.2, -0.15) is 0 Å². The van der Waals surface area contributed by atoms with Gasteiger partial charge in [-0.1, -0.05) is 13.8 Å². The molecule has 1 rings (SSSR count). The Labute approximate surface area is 162 Å². The summed E-state index contributed by atoms with van der Waals surface area (Å²) in [4.78, 5) is 16.8. The summed E-state index contributed by atoms with van der Waals surface area (Å²) in [5.74, 6) is 1.44. The first-order valence-electron chi connectivity index (χ1n) is 9.51. The van der Waals surface area contributed by atoms with Crippen molar-refractivity contribution in [2.75, 3.05) is 13.1 Å². The largest absolute Gasteiger partial charge is 0.444 e. The summed E-state index contributed by atoms with van der Waals surface area (Å²) in [6.07, 6.45) is 2.76. The zero-order chi connectivity index (χ0) is 20.5. The van der Waals surface area contributed by atoms with E-state index >= 15 is 0 Å². The molecule has 0 saturated carbocycles. The van der Waals surface area contributed by atoms with Gasteiger partial charge >= 0.3 is 6.09 Å².